The first-order valence-electron chi connectivity index (χ1n) is 6.72. The lowest BCUT2D eigenvalue weighted by molar-refractivity contribution is -0.120. The molecule has 2 aromatic carbocycles. The SMILES string of the molecule is COc1ccc2cccc(CC(=O)NCC[S@@](C)=O)c2c1. The third-order valence-electron chi connectivity index (χ3n) is 3.24. The predicted octanol–water partition coefficient (Wildman–Crippen LogP) is 1.89. The molecule has 0 fully saturated rings. The van der Waals surface area contributed by atoms with Gasteiger partial charge in [-0.2, -0.15) is 0 Å². The summed E-state index contributed by atoms with van der Waals surface area (Å²) in [7, 11) is 0.740. The molecule has 1 atom stereocenters. The summed E-state index contributed by atoms with van der Waals surface area (Å²) >= 11 is 0. The minimum absolute atomic E-state index is 0.0595. The summed E-state index contributed by atoms with van der Waals surface area (Å²) in [6.07, 6.45) is 1.93. The van der Waals surface area contributed by atoms with Gasteiger partial charge in [-0.1, -0.05) is 24.3 Å². The molecule has 0 spiro atoms. The van der Waals surface area contributed by atoms with Gasteiger partial charge in [0.25, 0.3) is 0 Å². The molecule has 0 aliphatic heterocycles. The van der Waals surface area contributed by atoms with Gasteiger partial charge in [-0.3, -0.25) is 9.00 Å². The molecule has 0 aromatic heterocycles. The van der Waals surface area contributed by atoms with Crippen molar-refractivity contribution < 1.29 is 13.7 Å². The average molecular weight is 305 g/mol. The van der Waals surface area contributed by atoms with Gasteiger partial charge in [0.15, 0.2) is 0 Å². The Balaban J connectivity index is 2.14. The zero-order valence-corrected chi connectivity index (χ0v) is 13.0. The van der Waals surface area contributed by atoms with Gasteiger partial charge in [-0.25, -0.2) is 0 Å². The normalized spacial score (nSPS) is 12.1. The molecule has 1 amide bonds. The van der Waals surface area contributed by atoms with Crippen LogP contribution in [0.15, 0.2) is 36.4 Å². The van der Waals surface area contributed by atoms with Crippen LogP contribution in [0.2, 0.25) is 0 Å². The van der Waals surface area contributed by atoms with E-state index in [0.717, 1.165) is 22.1 Å². The van der Waals surface area contributed by atoms with E-state index in [1.54, 1.807) is 13.4 Å². The van der Waals surface area contributed by atoms with Crippen LogP contribution in [0.25, 0.3) is 10.8 Å². The Kier molecular flexibility index (Phi) is 5.33. The molecule has 2 rings (SSSR count). The highest BCUT2D eigenvalue weighted by Gasteiger charge is 2.08. The Morgan fingerprint density at radius 3 is 2.81 bits per heavy atom. The Morgan fingerprint density at radius 1 is 1.29 bits per heavy atom. The number of hydrogen-bond donors (Lipinski definition) is 1. The second-order valence-corrected chi connectivity index (χ2v) is 6.36. The molecule has 1 N–H and O–H groups in total. The highest BCUT2D eigenvalue weighted by molar-refractivity contribution is 7.84. The van der Waals surface area contributed by atoms with Crippen molar-refractivity contribution in [1.82, 2.24) is 5.32 Å². The zero-order valence-electron chi connectivity index (χ0n) is 12.2. The summed E-state index contributed by atoms with van der Waals surface area (Å²) < 4.78 is 16.2. The number of fused-ring (bicyclic) bond motifs is 1. The molecule has 112 valence electrons. The van der Waals surface area contributed by atoms with E-state index >= 15 is 0 Å². The summed E-state index contributed by atoms with van der Waals surface area (Å²) in [6, 6.07) is 11.7. The van der Waals surface area contributed by atoms with Crippen molar-refractivity contribution in [1.29, 1.82) is 0 Å². The first kappa shape index (κ1) is 15.5. The predicted molar refractivity (Wildman–Crippen MR) is 86.1 cm³/mol. The van der Waals surface area contributed by atoms with Crippen LogP contribution in [0.5, 0.6) is 5.75 Å². The van der Waals surface area contributed by atoms with E-state index in [9.17, 15) is 9.00 Å². The van der Waals surface area contributed by atoms with Crippen LogP contribution in [0, 0.1) is 0 Å². The van der Waals surface area contributed by atoms with Gasteiger partial charge in [0.1, 0.15) is 5.75 Å². The van der Waals surface area contributed by atoms with Crippen LogP contribution in [-0.4, -0.2) is 35.8 Å². The molecule has 0 aliphatic rings. The van der Waals surface area contributed by atoms with Crippen molar-refractivity contribution in [2.45, 2.75) is 6.42 Å². The van der Waals surface area contributed by atoms with Crippen molar-refractivity contribution in [2.75, 3.05) is 25.7 Å². The van der Waals surface area contributed by atoms with E-state index in [1.165, 1.54) is 0 Å². The average Bonchev–Trinajstić information content (AvgIpc) is 2.46. The molecule has 4 nitrogen and oxygen atoms in total. The third kappa shape index (κ3) is 4.29. The second-order valence-electron chi connectivity index (χ2n) is 4.81. The van der Waals surface area contributed by atoms with Crippen molar-refractivity contribution in [2.24, 2.45) is 0 Å². The van der Waals surface area contributed by atoms with Gasteiger partial charge in [0, 0.05) is 29.4 Å². The van der Waals surface area contributed by atoms with Crippen molar-refractivity contribution >= 4 is 27.5 Å². The Bertz CT molecular complexity index is 670. The van der Waals surface area contributed by atoms with Gasteiger partial charge in [0.05, 0.1) is 13.5 Å². The molecule has 21 heavy (non-hydrogen) atoms. The fourth-order valence-corrected chi connectivity index (χ4v) is 2.56. The molecule has 0 bridgehead atoms. The highest BCUT2D eigenvalue weighted by atomic mass is 32.2. The van der Waals surface area contributed by atoms with Crippen molar-refractivity contribution in [3.05, 3.63) is 42.0 Å². The molecular formula is C16H19NO3S. The smallest absolute Gasteiger partial charge is 0.224 e. The maximum Gasteiger partial charge on any atom is 0.224 e. The number of ether oxygens (including phenoxy) is 1. The largest absolute Gasteiger partial charge is 0.497 e. The van der Waals surface area contributed by atoms with Crippen LogP contribution in [0.1, 0.15) is 5.56 Å². The molecule has 0 saturated carbocycles. The third-order valence-corrected chi connectivity index (χ3v) is 4.02. The summed E-state index contributed by atoms with van der Waals surface area (Å²) in [5.74, 6) is 1.20. The Hall–Kier alpha value is -1.88. The maximum atomic E-state index is 12.0. The van der Waals surface area contributed by atoms with Crippen LogP contribution >= 0.6 is 0 Å². The van der Waals surface area contributed by atoms with Crippen molar-refractivity contribution in [3.8, 4) is 5.75 Å². The summed E-state index contributed by atoms with van der Waals surface area (Å²) in [5, 5.41) is 4.89. The lowest BCUT2D eigenvalue weighted by Crippen LogP contribution is -2.28. The number of benzene rings is 2. The number of methoxy groups -OCH3 is 1. The molecule has 0 unspecified atom stereocenters. The first-order chi connectivity index (χ1) is 10.1. The highest BCUT2D eigenvalue weighted by Crippen LogP contribution is 2.24. The number of amides is 1. The van der Waals surface area contributed by atoms with E-state index in [4.69, 9.17) is 4.74 Å². The van der Waals surface area contributed by atoms with Gasteiger partial charge in [-0.05, 0) is 28.5 Å². The quantitative estimate of drug-likeness (QED) is 0.886. The first-order valence-corrected chi connectivity index (χ1v) is 8.45. The monoisotopic (exact) mass is 305 g/mol. The van der Waals surface area contributed by atoms with E-state index < -0.39 is 10.8 Å². The van der Waals surface area contributed by atoms with Gasteiger partial charge in [-0.15, -0.1) is 0 Å². The molecule has 2 aromatic rings. The number of rotatable bonds is 6. The van der Waals surface area contributed by atoms with E-state index in [1.807, 2.05) is 36.4 Å². The van der Waals surface area contributed by atoms with E-state index in [2.05, 4.69) is 5.32 Å². The molecule has 0 saturated heterocycles. The van der Waals surface area contributed by atoms with Crippen LogP contribution in [0.4, 0.5) is 0 Å². The fourth-order valence-electron chi connectivity index (χ4n) is 2.17. The Labute approximate surface area is 127 Å². The van der Waals surface area contributed by atoms with Crippen LogP contribution in [-0.2, 0) is 22.0 Å². The van der Waals surface area contributed by atoms with Gasteiger partial charge in [0.2, 0.25) is 5.91 Å². The van der Waals surface area contributed by atoms with Crippen LogP contribution in [0.3, 0.4) is 0 Å². The molecule has 0 aliphatic carbocycles. The lowest BCUT2D eigenvalue weighted by Gasteiger charge is -2.09. The summed E-state index contributed by atoms with van der Waals surface area (Å²) in [4.78, 5) is 12.0. The topological polar surface area (TPSA) is 55.4 Å². The number of hydrogen-bond acceptors (Lipinski definition) is 3. The number of nitrogens with one attached hydrogen (secondary N) is 1. The zero-order chi connectivity index (χ0) is 15.2. The van der Waals surface area contributed by atoms with Crippen LogP contribution < -0.4 is 10.1 Å². The summed E-state index contributed by atoms with van der Waals surface area (Å²) in [5.41, 5.74) is 0.960. The minimum atomic E-state index is -0.886. The standard InChI is InChI=1S/C16H19NO3S/c1-20-14-7-6-12-4-3-5-13(15(12)11-14)10-16(18)17-8-9-21(2)19/h3-7,11H,8-10H2,1-2H3,(H,17,18)/t21-/m1/s1. The summed E-state index contributed by atoms with van der Waals surface area (Å²) in [6.45, 7) is 0.441. The fraction of sp³-hybridized carbons (Fsp3) is 0.312. The molecule has 0 radical (unpaired) electrons. The molecule has 0 heterocycles. The Morgan fingerprint density at radius 2 is 2.10 bits per heavy atom. The minimum Gasteiger partial charge on any atom is -0.497 e. The number of carbonyl (C=O) groups is 1. The van der Waals surface area contributed by atoms with Gasteiger partial charge < -0.3 is 10.1 Å². The van der Waals surface area contributed by atoms with E-state index in [-0.39, 0.29) is 5.91 Å². The molecule has 5 heteroatoms. The van der Waals surface area contributed by atoms with Gasteiger partial charge >= 0.3 is 0 Å². The number of carbonyl (C=O) groups excluding carboxylic acids is 1. The maximum absolute atomic E-state index is 12.0. The second kappa shape index (κ2) is 7.22. The lowest BCUT2D eigenvalue weighted by atomic mass is 10.0. The molecular weight excluding hydrogens is 286 g/mol. The van der Waals surface area contributed by atoms with Crippen molar-refractivity contribution in [3.63, 3.8) is 0 Å². The van der Waals surface area contributed by atoms with E-state index in [0.29, 0.717) is 18.7 Å².